The molecule has 3 rings (SSSR count). The van der Waals surface area contributed by atoms with Gasteiger partial charge in [0.05, 0.1) is 11.1 Å². The minimum Gasteiger partial charge on any atom is -0.342 e. The Kier molecular flexibility index (Phi) is 5.74. The number of amides is 1. The van der Waals surface area contributed by atoms with E-state index in [0.29, 0.717) is 12.0 Å². The average molecular weight is 387 g/mol. The van der Waals surface area contributed by atoms with Crippen LogP contribution >= 0.6 is 11.6 Å². The highest BCUT2D eigenvalue weighted by atomic mass is 35.5. The fraction of sp³-hybridized carbons (Fsp3) is 0.263. The van der Waals surface area contributed by atoms with Gasteiger partial charge < -0.3 is 5.32 Å². The molecule has 0 aliphatic heterocycles. The number of carbonyl (C=O) groups excluding carboxylic acids is 2. The van der Waals surface area contributed by atoms with E-state index >= 15 is 0 Å². The molecule has 0 spiro atoms. The first-order valence-corrected chi connectivity index (χ1v) is 8.73. The molecule has 0 bridgehead atoms. The molecule has 1 amide bonds. The number of rotatable bonds is 6. The van der Waals surface area contributed by atoms with Crippen LogP contribution in [0, 0.1) is 11.7 Å². The molecule has 1 N–H and O–H groups in total. The monoisotopic (exact) mass is 386 g/mol. The van der Waals surface area contributed by atoms with Crippen molar-refractivity contribution in [2.24, 2.45) is 11.0 Å². The first-order valence-electron chi connectivity index (χ1n) is 8.36. The van der Waals surface area contributed by atoms with Gasteiger partial charge in [0.15, 0.2) is 0 Å². The van der Waals surface area contributed by atoms with Crippen LogP contribution in [0.1, 0.15) is 22.7 Å². The molecule has 0 aromatic heterocycles. The van der Waals surface area contributed by atoms with Crippen molar-refractivity contribution in [1.82, 2.24) is 5.32 Å². The SMILES string of the molecule is [N-]=[N+]=NC[C@H]1Cc2ccccc2[C@@H]1NC(=O)C(=O)Cc1ccc(Cl)c(F)c1. The van der Waals surface area contributed by atoms with Gasteiger partial charge in [0, 0.05) is 17.9 Å². The van der Waals surface area contributed by atoms with Crippen molar-refractivity contribution in [2.45, 2.75) is 18.9 Å². The molecule has 2 aromatic carbocycles. The minimum atomic E-state index is -0.752. The van der Waals surface area contributed by atoms with Gasteiger partial charge in [-0.25, -0.2) is 4.39 Å². The van der Waals surface area contributed by atoms with Crippen LogP contribution in [0.2, 0.25) is 5.02 Å². The molecule has 1 aliphatic rings. The van der Waals surface area contributed by atoms with Gasteiger partial charge in [-0.3, -0.25) is 9.59 Å². The van der Waals surface area contributed by atoms with Gasteiger partial charge in [-0.15, -0.1) is 0 Å². The number of azide groups is 1. The third kappa shape index (κ3) is 4.27. The van der Waals surface area contributed by atoms with E-state index in [-0.39, 0.29) is 23.9 Å². The van der Waals surface area contributed by atoms with E-state index in [0.717, 1.165) is 17.2 Å². The number of benzene rings is 2. The molecule has 0 heterocycles. The summed E-state index contributed by atoms with van der Waals surface area (Å²) in [5.41, 5.74) is 10.9. The molecule has 0 saturated heterocycles. The predicted molar refractivity (Wildman–Crippen MR) is 98.7 cm³/mol. The third-order valence-electron chi connectivity index (χ3n) is 4.61. The van der Waals surface area contributed by atoms with Crippen LogP contribution < -0.4 is 5.32 Å². The molecule has 8 heteroatoms. The molecule has 27 heavy (non-hydrogen) atoms. The molecule has 138 valence electrons. The van der Waals surface area contributed by atoms with Crippen LogP contribution in [0.3, 0.4) is 0 Å². The molecule has 0 saturated carbocycles. The zero-order chi connectivity index (χ0) is 19.4. The Hall–Kier alpha value is -2.89. The Morgan fingerprint density at radius 1 is 1.30 bits per heavy atom. The van der Waals surface area contributed by atoms with E-state index in [1.807, 2.05) is 24.3 Å². The molecule has 0 fully saturated rings. The smallest absolute Gasteiger partial charge is 0.288 e. The maximum absolute atomic E-state index is 13.5. The maximum Gasteiger partial charge on any atom is 0.288 e. The lowest BCUT2D eigenvalue weighted by molar-refractivity contribution is -0.138. The Morgan fingerprint density at radius 2 is 2.07 bits per heavy atom. The summed E-state index contributed by atoms with van der Waals surface area (Å²) in [6.07, 6.45) is 0.423. The van der Waals surface area contributed by atoms with E-state index in [1.54, 1.807) is 0 Å². The Bertz CT molecular complexity index is 943. The zero-order valence-corrected chi connectivity index (χ0v) is 15.0. The maximum atomic E-state index is 13.5. The zero-order valence-electron chi connectivity index (χ0n) is 14.2. The lowest BCUT2D eigenvalue weighted by Gasteiger charge is -2.20. The molecule has 2 atom stereocenters. The number of hydrogen-bond acceptors (Lipinski definition) is 3. The van der Waals surface area contributed by atoms with E-state index in [2.05, 4.69) is 15.3 Å². The van der Waals surface area contributed by atoms with Crippen molar-refractivity contribution in [3.05, 3.63) is 80.4 Å². The summed E-state index contributed by atoms with van der Waals surface area (Å²) in [6.45, 7) is 0.215. The fourth-order valence-electron chi connectivity index (χ4n) is 3.32. The molecule has 0 unspecified atom stereocenters. The summed E-state index contributed by atoms with van der Waals surface area (Å²) in [6, 6.07) is 11.2. The second-order valence-corrected chi connectivity index (χ2v) is 6.78. The van der Waals surface area contributed by atoms with E-state index in [1.165, 1.54) is 12.1 Å². The number of halogens is 2. The molecule has 6 nitrogen and oxygen atoms in total. The van der Waals surface area contributed by atoms with Gasteiger partial charge in [-0.2, -0.15) is 0 Å². The Labute approximate surface area is 160 Å². The van der Waals surface area contributed by atoms with Crippen LogP contribution in [-0.2, 0) is 22.4 Å². The normalized spacial score (nSPS) is 17.7. The lowest BCUT2D eigenvalue weighted by Crippen LogP contribution is -2.37. The van der Waals surface area contributed by atoms with Crippen LogP contribution in [0.5, 0.6) is 0 Å². The highest BCUT2D eigenvalue weighted by Gasteiger charge is 2.34. The fourth-order valence-corrected chi connectivity index (χ4v) is 3.44. The summed E-state index contributed by atoms with van der Waals surface area (Å²) in [4.78, 5) is 27.5. The molecule has 0 radical (unpaired) electrons. The van der Waals surface area contributed by atoms with Gasteiger partial charge >= 0.3 is 0 Å². The number of ketones is 1. The van der Waals surface area contributed by atoms with Crippen molar-refractivity contribution < 1.29 is 14.0 Å². The third-order valence-corrected chi connectivity index (χ3v) is 4.92. The van der Waals surface area contributed by atoms with Gasteiger partial charge in [0.25, 0.3) is 5.91 Å². The summed E-state index contributed by atoms with van der Waals surface area (Å²) in [5, 5.41) is 6.32. The number of Topliss-reactive ketones (excluding diaryl/α,β-unsaturated/α-hetero) is 1. The largest absolute Gasteiger partial charge is 0.342 e. The second kappa shape index (κ2) is 8.20. The first-order chi connectivity index (χ1) is 13.0. The van der Waals surface area contributed by atoms with Crippen molar-refractivity contribution in [3.63, 3.8) is 0 Å². The Balaban J connectivity index is 1.73. The number of nitrogens with one attached hydrogen (secondary N) is 1. The van der Waals surface area contributed by atoms with E-state index in [4.69, 9.17) is 17.1 Å². The second-order valence-electron chi connectivity index (χ2n) is 6.38. The summed E-state index contributed by atoms with van der Waals surface area (Å²) >= 11 is 5.63. The molecular formula is C19H16ClFN4O2. The first kappa shape index (κ1) is 18.9. The lowest BCUT2D eigenvalue weighted by atomic mass is 10.00. The topological polar surface area (TPSA) is 94.9 Å². The van der Waals surface area contributed by atoms with Crippen molar-refractivity contribution in [1.29, 1.82) is 0 Å². The summed E-state index contributed by atoms with van der Waals surface area (Å²) < 4.78 is 13.5. The number of hydrogen-bond donors (Lipinski definition) is 1. The number of fused-ring (bicyclic) bond motifs is 1. The molecule has 1 aliphatic carbocycles. The van der Waals surface area contributed by atoms with Gasteiger partial charge in [-0.05, 0) is 46.7 Å². The number of nitrogens with zero attached hydrogens (tertiary/aromatic N) is 3. The van der Waals surface area contributed by atoms with Crippen LogP contribution in [-0.4, -0.2) is 18.2 Å². The highest BCUT2D eigenvalue weighted by molar-refractivity contribution is 6.36. The van der Waals surface area contributed by atoms with Gasteiger partial charge in [-0.1, -0.05) is 47.0 Å². The average Bonchev–Trinajstić information content (AvgIpc) is 3.00. The van der Waals surface area contributed by atoms with Crippen LogP contribution in [0.25, 0.3) is 10.4 Å². The Morgan fingerprint density at radius 3 is 2.81 bits per heavy atom. The summed E-state index contributed by atoms with van der Waals surface area (Å²) in [5.74, 6) is -2.19. The van der Waals surface area contributed by atoms with E-state index < -0.39 is 23.5 Å². The van der Waals surface area contributed by atoms with Crippen molar-refractivity contribution >= 4 is 23.3 Å². The van der Waals surface area contributed by atoms with Crippen LogP contribution in [0.4, 0.5) is 4.39 Å². The summed E-state index contributed by atoms with van der Waals surface area (Å²) in [7, 11) is 0. The van der Waals surface area contributed by atoms with Gasteiger partial charge in [0.2, 0.25) is 5.78 Å². The molecular weight excluding hydrogens is 371 g/mol. The van der Waals surface area contributed by atoms with Gasteiger partial charge in [0.1, 0.15) is 5.82 Å². The van der Waals surface area contributed by atoms with Crippen molar-refractivity contribution in [3.8, 4) is 0 Å². The van der Waals surface area contributed by atoms with Crippen LogP contribution in [0.15, 0.2) is 47.6 Å². The standard InChI is InChI=1S/C19H16ClFN4O2/c20-15-6-5-11(7-16(15)21)8-17(26)19(27)24-18-13(10-23-25-22)9-12-3-1-2-4-14(12)18/h1-7,13,18H,8-10H2,(H,24,27)/t13-,18-/m1/s1. The quantitative estimate of drug-likeness (QED) is 0.352. The van der Waals surface area contributed by atoms with Crippen molar-refractivity contribution in [2.75, 3.05) is 6.54 Å². The predicted octanol–water partition coefficient (Wildman–Crippen LogP) is 3.93. The molecule has 2 aromatic rings. The minimum absolute atomic E-state index is 0.0425. The number of carbonyl (C=O) groups is 2. The highest BCUT2D eigenvalue weighted by Crippen LogP contribution is 2.36. The van der Waals surface area contributed by atoms with E-state index in [9.17, 15) is 14.0 Å².